The Morgan fingerprint density at radius 2 is 0.975 bits per heavy atom. The van der Waals surface area contributed by atoms with Crippen molar-refractivity contribution in [2.45, 2.75) is 26.7 Å². The van der Waals surface area contributed by atoms with E-state index in [-0.39, 0.29) is 31.3 Å². The number of methoxy groups -OCH3 is 3. The molecule has 0 radical (unpaired) electrons. The summed E-state index contributed by atoms with van der Waals surface area (Å²) in [5.74, 6) is -0.127. The number of benzene rings is 4. The number of aryl methyl sites for hydroxylation is 1. The fourth-order valence-electron chi connectivity index (χ4n) is 4.42. The molecule has 0 atom stereocenters. The molecule has 4 aromatic carbocycles. The minimum Gasteiger partial charge on any atom is -0.454 e. The molecule has 4 aromatic rings. The summed E-state index contributed by atoms with van der Waals surface area (Å²) in [6.07, 6.45) is 0. The second kappa shape index (κ2) is 12.8. The number of ether oxygens (including phenoxy) is 5. The number of anilines is 2. The fraction of sp³-hybridized carbons (Fsp3) is 0.226. The van der Waals surface area contributed by atoms with E-state index in [9.17, 15) is 8.78 Å². The number of rotatable bonds is 11. The monoisotopic (exact) mass is 550 g/mol. The molecular weight excluding hydrogens is 518 g/mol. The number of nitrogens with two attached hydrogens (primary N) is 2. The standard InChI is InChI=1S/C31H32F2N2O5/c1-18-9-19(10-21(15-36-2)30(18)39-28-7-5-24(34)13-26(28)32)20-11-22(16-37-3)31(23(12-20)17-38-4)40-29-8-6-25(35)14-27(29)33/h5-14H,15-17,34-35H2,1-4H3. The summed E-state index contributed by atoms with van der Waals surface area (Å²) in [7, 11) is 4.71. The molecule has 4 N–H and O–H groups in total. The predicted octanol–water partition coefficient (Wildman–Crippen LogP) is 7.13. The maximum absolute atomic E-state index is 14.6. The SMILES string of the molecule is COCc1cc(-c2cc(COC)c(Oc3ccc(N)cc3F)c(COC)c2)cc(C)c1Oc1ccc(N)cc1F. The molecule has 0 saturated carbocycles. The van der Waals surface area contributed by atoms with Gasteiger partial charge in [-0.1, -0.05) is 0 Å². The summed E-state index contributed by atoms with van der Waals surface area (Å²) >= 11 is 0. The lowest BCUT2D eigenvalue weighted by atomic mass is 9.95. The highest BCUT2D eigenvalue weighted by atomic mass is 19.1. The Bertz CT molecular complexity index is 1480. The number of halogens is 2. The zero-order chi connectivity index (χ0) is 28.8. The minimum atomic E-state index is -0.580. The van der Waals surface area contributed by atoms with Crippen LogP contribution in [0.2, 0.25) is 0 Å². The molecule has 0 bridgehead atoms. The molecule has 4 rings (SSSR count). The molecule has 0 aliphatic rings. The van der Waals surface area contributed by atoms with E-state index in [1.807, 2.05) is 31.2 Å². The molecule has 0 aliphatic heterocycles. The Hall–Kier alpha value is -4.18. The largest absolute Gasteiger partial charge is 0.454 e. The van der Waals surface area contributed by atoms with Gasteiger partial charge in [0.05, 0.1) is 19.8 Å². The van der Waals surface area contributed by atoms with Gasteiger partial charge in [-0.15, -0.1) is 0 Å². The van der Waals surface area contributed by atoms with Gasteiger partial charge >= 0.3 is 0 Å². The van der Waals surface area contributed by atoms with Crippen LogP contribution in [0, 0.1) is 18.6 Å². The Kier molecular flexibility index (Phi) is 9.21. The van der Waals surface area contributed by atoms with Crippen molar-refractivity contribution in [1.82, 2.24) is 0 Å². The summed E-state index contributed by atoms with van der Waals surface area (Å²) in [5, 5.41) is 0. The van der Waals surface area contributed by atoms with Crippen molar-refractivity contribution >= 4 is 11.4 Å². The van der Waals surface area contributed by atoms with Crippen LogP contribution >= 0.6 is 0 Å². The third-order valence-electron chi connectivity index (χ3n) is 6.16. The minimum absolute atomic E-state index is 0.0336. The highest BCUT2D eigenvalue weighted by Gasteiger charge is 2.19. The zero-order valence-electron chi connectivity index (χ0n) is 22.8. The zero-order valence-corrected chi connectivity index (χ0v) is 22.8. The van der Waals surface area contributed by atoms with Gasteiger partial charge in [-0.3, -0.25) is 0 Å². The van der Waals surface area contributed by atoms with Crippen LogP contribution in [0.5, 0.6) is 23.0 Å². The van der Waals surface area contributed by atoms with Gasteiger partial charge in [0.25, 0.3) is 0 Å². The van der Waals surface area contributed by atoms with Crippen LogP contribution in [-0.2, 0) is 34.0 Å². The lowest BCUT2D eigenvalue weighted by Gasteiger charge is -2.20. The Labute approximate surface area is 232 Å². The summed E-state index contributed by atoms with van der Waals surface area (Å²) in [6.45, 7) is 2.52. The van der Waals surface area contributed by atoms with E-state index in [4.69, 9.17) is 35.2 Å². The maximum atomic E-state index is 14.6. The predicted molar refractivity (Wildman–Crippen MR) is 151 cm³/mol. The van der Waals surface area contributed by atoms with Gasteiger partial charge in [-0.25, -0.2) is 8.78 Å². The maximum Gasteiger partial charge on any atom is 0.167 e. The molecule has 0 saturated heterocycles. The summed E-state index contributed by atoms with van der Waals surface area (Å²) < 4.78 is 57.5. The molecule has 0 aliphatic carbocycles. The van der Waals surface area contributed by atoms with Crippen LogP contribution in [0.4, 0.5) is 20.2 Å². The molecule has 40 heavy (non-hydrogen) atoms. The van der Waals surface area contributed by atoms with Gasteiger partial charge in [0.15, 0.2) is 23.1 Å². The Balaban J connectivity index is 1.80. The molecule has 0 heterocycles. The second-order valence-electron chi connectivity index (χ2n) is 9.29. The molecule has 0 amide bonds. The van der Waals surface area contributed by atoms with Crippen molar-refractivity contribution in [2.24, 2.45) is 0 Å². The van der Waals surface area contributed by atoms with Crippen molar-refractivity contribution in [1.29, 1.82) is 0 Å². The summed E-state index contributed by atoms with van der Waals surface area (Å²) in [4.78, 5) is 0. The third kappa shape index (κ3) is 6.51. The Morgan fingerprint density at radius 3 is 1.40 bits per heavy atom. The van der Waals surface area contributed by atoms with Crippen molar-refractivity contribution < 1.29 is 32.5 Å². The van der Waals surface area contributed by atoms with E-state index in [0.29, 0.717) is 34.0 Å². The number of hydrogen-bond acceptors (Lipinski definition) is 7. The smallest absolute Gasteiger partial charge is 0.167 e. The molecule has 9 heteroatoms. The number of nitrogen functional groups attached to an aromatic ring is 2. The summed E-state index contributed by atoms with van der Waals surface area (Å²) in [6, 6.07) is 16.2. The Morgan fingerprint density at radius 1 is 0.575 bits per heavy atom. The summed E-state index contributed by atoms with van der Waals surface area (Å²) in [5.41, 5.74) is 16.6. The first-order valence-electron chi connectivity index (χ1n) is 12.5. The lowest BCUT2D eigenvalue weighted by molar-refractivity contribution is 0.175. The van der Waals surface area contributed by atoms with Crippen molar-refractivity contribution in [3.05, 3.63) is 94.6 Å². The van der Waals surface area contributed by atoms with Gasteiger partial charge < -0.3 is 35.2 Å². The highest BCUT2D eigenvalue weighted by molar-refractivity contribution is 5.71. The van der Waals surface area contributed by atoms with E-state index in [0.717, 1.165) is 22.3 Å². The third-order valence-corrected chi connectivity index (χ3v) is 6.16. The average molecular weight is 551 g/mol. The van der Waals surface area contributed by atoms with E-state index >= 15 is 0 Å². The number of hydrogen-bond donors (Lipinski definition) is 2. The van der Waals surface area contributed by atoms with Crippen LogP contribution in [-0.4, -0.2) is 21.3 Å². The fourth-order valence-corrected chi connectivity index (χ4v) is 4.42. The van der Waals surface area contributed by atoms with E-state index < -0.39 is 11.6 Å². The van der Waals surface area contributed by atoms with Crippen LogP contribution in [0.3, 0.4) is 0 Å². The van der Waals surface area contributed by atoms with Crippen LogP contribution in [0.25, 0.3) is 11.1 Å². The highest BCUT2D eigenvalue weighted by Crippen LogP contribution is 2.39. The van der Waals surface area contributed by atoms with Crippen molar-refractivity contribution in [2.75, 3.05) is 32.8 Å². The van der Waals surface area contributed by atoms with Crippen LogP contribution in [0.1, 0.15) is 22.3 Å². The molecular formula is C31H32F2N2O5. The quantitative estimate of drug-likeness (QED) is 0.192. The van der Waals surface area contributed by atoms with Gasteiger partial charge in [-0.05, 0) is 72.1 Å². The van der Waals surface area contributed by atoms with E-state index in [2.05, 4.69) is 0 Å². The molecule has 7 nitrogen and oxygen atoms in total. The van der Waals surface area contributed by atoms with Crippen molar-refractivity contribution in [3.8, 4) is 34.1 Å². The van der Waals surface area contributed by atoms with Crippen LogP contribution in [0.15, 0.2) is 60.7 Å². The molecule has 0 spiro atoms. The lowest BCUT2D eigenvalue weighted by Crippen LogP contribution is -2.03. The van der Waals surface area contributed by atoms with Gasteiger partial charge in [0.1, 0.15) is 11.5 Å². The first kappa shape index (κ1) is 28.8. The van der Waals surface area contributed by atoms with E-state index in [1.54, 1.807) is 33.5 Å². The molecule has 0 unspecified atom stereocenters. The van der Waals surface area contributed by atoms with Crippen molar-refractivity contribution in [3.63, 3.8) is 0 Å². The average Bonchev–Trinajstić information content (AvgIpc) is 2.90. The van der Waals surface area contributed by atoms with Crippen LogP contribution < -0.4 is 20.9 Å². The normalized spacial score (nSPS) is 11.1. The molecule has 210 valence electrons. The van der Waals surface area contributed by atoms with Gasteiger partial charge in [0.2, 0.25) is 0 Å². The van der Waals surface area contributed by atoms with Gasteiger partial charge in [0, 0.05) is 61.5 Å². The topological polar surface area (TPSA) is 98.2 Å². The van der Waals surface area contributed by atoms with Gasteiger partial charge in [-0.2, -0.15) is 0 Å². The first-order valence-corrected chi connectivity index (χ1v) is 12.5. The molecule has 0 fully saturated rings. The second-order valence-corrected chi connectivity index (χ2v) is 9.29. The van der Waals surface area contributed by atoms with E-state index in [1.165, 1.54) is 24.3 Å². The first-order chi connectivity index (χ1) is 19.2. The molecule has 0 aromatic heterocycles.